The van der Waals surface area contributed by atoms with Crippen LogP contribution in [0.1, 0.15) is 6.92 Å². The molecule has 0 amide bonds. The molecule has 13 heavy (non-hydrogen) atoms. The van der Waals surface area contributed by atoms with Crippen LogP contribution in [0.15, 0.2) is 46.9 Å². The minimum absolute atomic E-state index is 0.339. The number of benzene rings is 1. The second kappa shape index (κ2) is 4.72. The number of hydrogen-bond donors (Lipinski definition) is 0. The van der Waals surface area contributed by atoms with Gasteiger partial charge in [-0.1, -0.05) is 30.0 Å². The van der Waals surface area contributed by atoms with Gasteiger partial charge in [0.2, 0.25) is 0 Å². The average molecular weight is 194 g/mol. The third kappa shape index (κ3) is 3.80. The predicted molar refractivity (Wildman–Crippen MR) is 53.2 cm³/mol. The first-order valence-electron chi connectivity index (χ1n) is 3.78. The standard InChI is InChI=1S/C10H10O2S/c1-8(11)12-9(2)13-10-6-4-3-5-7-10/h3-7H,2H2,1H3. The van der Waals surface area contributed by atoms with E-state index in [9.17, 15) is 4.79 Å². The van der Waals surface area contributed by atoms with Crippen molar-refractivity contribution in [1.29, 1.82) is 0 Å². The topological polar surface area (TPSA) is 26.3 Å². The summed E-state index contributed by atoms with van der Waals surface area (Å²) < 4.78 is 4.78. The van der Waals surface area contributed by atoms with Crippen LogP contribution in [0.2, 0.25) is 0 Å². The second-order valence-electron chi connectivity index (χ2n) is 2.38. The maximum Gasteiger partial charge on any atom is 0.308 e. The number of esters is 1. The van der Waals surface area contributed by atoms with E-state index in [4.69, 9.17) is 4.74 Å². The molecule has 2 nitrogen and oxygen atoms in total. The molecule has 1 aromatic carbocycles. The molecular formula is C10H10O2S. The van der Waals surface area contributed by atoms with Crippen LogP contribution in [0.25, 0.3) is 0 Å². The highest BCUT2D eigenvalue weighted by molar-refractivity contribution is 8.02. The lowest BCUT2D eigenvalue weighted by atomic mass is 10.4. The highest BCUT2D eigenvalue weighted by Crippen LogP contribution is 2.25. The molecule has 0 N–H and O–H groups in total. The van der Waals surface area contributed by atoms with E-state index >= 15 is 0 Å². The Hall–Kier alpha value is -1.22. The number of thioether (sulfide) groups is 1. The van der Waals surface area contributed by atoms with Crippen molar-refractivity contribution >= 4 is 17.7 Å². The molecule has 1 rings (SSSR count). The van der Waals surface area contributed by atoms with Crippen LogP contribution >= 0.6 is 11.8 Å². The number of carbonyl (C=O) groups excluding carboxylic acids is 1. The largest absolute Gasteiger partial charge is 0.420 e. The van der Waals surface area contributed by atoms with Crippen molar-refractivity contribution in [3.8, 4) is 0 Å². The Morgan fingerprint density at radius 3 is 2.54 bits per heavy atom. The molecule has 3 heteroatoms. The lowest BCUT2D eigenvalue weighted by Gasteiger charge is -2.03. The van der Waals surface area contributed by atoms with Crippen molar-refractivity contribution in [3.63, 3.8) is 0 Å². The molecule has 0 aromatic heterocycles. The lowest BCUT2D eigenvalue weighted by Crippen LogP contribution is -1.94. The normalized spacial score (nSPS) is 9.31. The van der Waals surface area contributed by atoms with Crippen LogP contribution in [0.3, 0.4) is 0 Å². The van der Waals surface area contributed by atoms with Crippen LogP contribution < -0.4 is 0 Å². The molecule has 0 aliphatic carbocycles. The summed E-state index contributed by atoms with van der Waals surface area (Å²) in [5.41, 5.74) is 0. The number of hydrogen-bond acceptors (Lipinski definition) is 3. The molecule has 68 valence electrons. The minimum Gasteiger partial charge on any atom is -0.420 e. The number of rotatable bonds is 3. The fourth-order valence-electron chi connectivity index (χ4n) is 0.801. The molecule has 0 aliphatic heterocycles. The van der Waals surface area contributed by atoms with Crippen molar-refractivity contribution in [2.24, 2.45) is 0 Å². The molecule has 0 saturated carbocycles. The maximum atomic E-state index is 10.5. The SMILES string of the molecule is C=C(OC(C)=O)Sc1ccccc1. The Kier molecular flexibility index (Phi) is 3.58. The van der Waals surface area contributed by atoms with E-state index in [-0.39, 0.29) is 5.97 Å². The molecule has 0 heterocycles. The summed E-state index contributed by atoms with van der Waals surface area (Å²) in [6, 6.07) is 9.63. The smallest absolute Gasteiger partial charge is 0.308 e. The van der Waals surface area contributed by atoms with Gasteiger partial charge in [0.25, 0.3) is 0 Å². The zero-order chi connectivity index (χ0) is 9.68. The van der Waals surface area contributed by atoms with Gasteiger partial charge in [-0.05, 0) is 18.7 Å². The second-order valence-corrected chi connectivity index (χ2v) is 3.51. The zero-order valence-electron chi connectivity index (χ0n) is 7.32. The first-order chi connectivity index (χ1) is 6.18. The monoisotopic (exact) mass is 194 g/mol. The molecule has 0 radical (unpaired) electrons. The summed E-state index contributed by atoms with van der Waals surface area (Å²) in [5.74, 6) is -0.339. The zero-order valence-corrected chi connectivity index (χ0v) is 8.14. The molecule has 0 saturated heterocycles. The van der Waals surface area contributed by atoms with Crippen LogP contribution in [0, 0.1) is 0 Å². The first-order valence-corrected chi connectivity index (χ1v) is 4.60. The third-order valence-electron chi connectivity index (χ3n) is 1.23. The fraction of sp³-hybridized carbons (Fsp3) is 0.100. The van der Waals surface area contributed by atoms with Gasteiger partial charge in [-0.2, -0.15) is 0 Å². The van der Waals surface area contributed by atoms with Crippen molar-refractivity contribution in [1.82, 2.24) is 0 Å². The van der Waals surface area contributed by atoms with Gasteiger partial charge in [0.15, 0.2) is 5.09 Å². The lowest BCUT2D eigenvalue weighted by molar-refractivity contribution is -0.135. The van der Waals surface area contributed by atoms with Gasteiger partial charge in [0.05, 0.1) is 0 Å². The first kappa shape index (κ1) is 9.86. The molecule has 0 bridgehead atoms. The van der Waals surface area contributed by atoms with Gasteiger partial charge in [-0.15, -0.1) is 0 Å². The molecule has 0 fully saturated rings. The van der Waals surface area contributed by atoms with E-state index in [1.807, 2.05) is 30.3 Å². The summed E-state index contributed by atoms with van der Waals surface area (Å²) in [4.78, 5) is 11.6. The van der Waals surface area contributed by atoms with Gasteiger partial charge in [0, 0.05) is 11.8 Å². The molecular weight excluding hydrogens is 184 g/mol. The van der Waals surface area contributed by atoms with E-state index in [0.717, 1.165) is 4.90 Å². The van der Waals surface area contributed by atoms with Gasteiger partial charge in [-0.3, -0.25) is 4.79 Å². The van der Waals surface area contributed by atoms with E-state index in [2.05, 4.69) is 6.58 Å². The summed E-state index contributed by atoms with van der Waals surface area (Å²) in [7, 11) is 0. The maximum absolute atomic E-state index is 10.5. The van der Waals surface area contributed by atoms with Gasteiger partial charge in [0.1, 0.15) is 0 Å². The Morgan fingerprint density at radius 1 is 1.38 bits per heavy atom. The van der Waals surface area contributed by atoms with E-state index in [1.54, 1.807) is 0 Å². The van der Waals surface area contributed by atoms with Crippen molar-refractivity contribution in [2.45, 2.75) is 11.8 Å². The number of carbonyl (C=O) groups is 1. The van der Waals surface area contributed by atoms with Crippen molar-refractivity contribution in [2.75, 3.05) is 0 Å². The summed E-state index contributed by atoms with van der Waals surface area (Å²) >= 11 is 1.33. The Balaban J connectivity index is 2.50. The molecule has 0 atom stereocenters. The molecule has 1 aromatic rings. The fourth-order valence-corrected chi connectivity index (χ4v) is 1.52. The van der Waals surface area contributed by atoms with E-state index in [0.29, 0.717) is 5.09 Å². The highest BCUT2D eigenvalue weighted by atomic mass is 32.2. The molecule has 0 aliphatic rings. The Bertz CT molecular complexity index is 306. The average Bonchev–Trinajstić information content (AvgIpc) is 2.04. The van der Waals surface area contributed by atoms with Crippen LogP contribution in [-0.2, 0) is 9.53 Å². The Labute approximate surface area is 81.6 Å². The number of ether oxygens (including phenoxy) is 1. The quantitative estimate of drug-likeness (QED) is 0.420. The van der Waals surface area contributed by atoms with Gasteiger partial charge < -0.3 is 4.74 Å². The minimum atomic E-state index is -0.339. The highest BCUT2D eigenvalue weighted by Gasteiger charge is 2.00. The summed E-state index contributed by atoms with van der Waals surface area (Å²) in [6.07, 6.45) is 0. The van der Waals surface area contributed by atoms with E-state index < -0.39 is 0 Å². The van der Waals surface area contributed by atoms with Crippen LogP contribution in [-0.4, -0.2) is 5.97 Å². The summed E-state index contributed by atoms with van der Waals surface area (Å²) in [6.45, 7) is 4.97. The molecule has 0 spiro atoms. The van der Waals surface area contributed by atoms with Crippen LogP contribution in [0.5, 0.6) is 0 Å². The third-order valence-corrected chi connectivity index (χ3v) is 2.05. The van der Waals surface area contributed by atoms with Gasteiger partial charge in [-0.25, -0.2) is 0 Å². The van der Waals surface area contributed by atoms with Crippen LogP contribution in [0.4, 0.5) is 0 Å². The van der Waals surface area contributed by atoms with Crippen molar-refractivity contribution < 1.29 is 9.53 Å². The van der Waals surface area contributed by atoms with Gasteiger partial charge >= 0.3 is 5.97 Å². The van der Waals surface area contributed by atoms with Crippen molar-refractivity contribution in [3.05, 3.63) is 42.0 Å². The van der Waals surface area contributed by atoms with E-state index in [1.165, 1.54) is 18.7 Å². The Morgan fingerprint density at radius 2 is 2.00 bits per heavy atom. The molecule has 0 unspecified atom stereocenters. The predicted octanol–water partition coefficient (Wildman–Crippen LogP) is 2.81. The summed E-state index contributed by atoms with van der Waals surface area (Å²) in [5, 5.41) is 0.402.